The molecule has 0 aliphatic carbocycles. The van der Waals surface area contributed by atoms with Gasteiger partial charge in [-0.25, -0.2) is 0 Å². The van der Waals surface area contributed by atoms with Crippen molar-refractivity contribution < 1.29 is 9.53 Å². The van der Waals surface area contributed by atoms with Crippen LogP contribution >= 0.6 is 34.9 Å². The van der Waals surface area contributed by atoms with Gasteiger partial charge in [0.2, 0.25) is 0 Å². The molecule has 1 heterocycles. The number of nitrogens with zero attached hydrogens (tertiary/aromatic N) is 2. The maximum Gasteiger partial charge on any atom is 0.325 e. The highest BCUT2D eigenvalue weighted by Gasteiger charge is 2.29. The number of aromatic nitrogens is 2. The Hall–Kier alpha value is -0.310. The molecule has 0 aromatic carbocycles. The fourth-order valence-corrected chi connectivity index (χ4v) is 3.78. The fraction of sp³-hybridized carbons (Fsp3) is 0.727. The molecule has 8 heteroatoms. The maximum atomic E-state index is 11.6. The van der Waals surface area contributed by atoms with E-state index in [4.69, 9.17) is 10.5 Å². The van der Waals surface area contributed by atoms with Crippen LogP contribution in [0.25, 0.3) is 0 Å². The summed E-state index contributed by atoms with van der Waals surface area (Å²) in [5.74, 6) is 0.537. The van der Waals surface area contributed by atoms with Crippen molar-refractivity contribution in [1.29, 1.82) is 0 Å². The third-order valence-electron chi connectivity index (χ3n) is 2.37. The molecule has 0 saturated heterocycles. The number of nitrogens with two attached hydrogens (primary N) is 1. The van der Waals surface area contributed by atoms with Gasteiger partial charge in [-0.1, -0.05) is 34.9 Å². The Labute approximate surface area is 126 Å². The zero-order valence-electron chi connectivity index (χ0n) is 11.3. The molecule has 1 rings (SSSR count). The molecule has 0 aliphatic heterocycles. The van der Waals surface area contributed by atoms with Crippen LogP contribution in [0.3, 0.4) is 0 Å². The summed E-state index contributed by atoms with van der Waals surface area (Å²) in [5, 5.41) is 8.10. The molecular formula is C11H19N3O2S3. The summed E-state index contributed by atoms with van der Waals surface area (Å²) in [5.41, 5.74) is 5.04. The van der Waals surface area contributed by atoms with Crippen LogP contribution in [0, 0.1) is 0 Å². The standard InChI is InChI=1S/C11H19N3O2S3/c1-4-16-8(15)11(2,12)6-5-7-18-10-14-13-9(17-3)19-10/h4-7,12H2,1-3H3. The van der Waals surface area contributed by atoms with Crippen molar-refractivity contribution in [3.63, 3.8) is 0 Å². The molecular weight excluding hydrogens is 302 g/mol. The summed E-state index contributed by atoms with van der Waals surface area (Å²) >= 11 is 4.83. The Bertz CT molecular complexity index is 410. The molecule has 2 N–H and O–H groups in total. The van der Waals surface area contributed by atoms with Gasteiger partial charge in [-0.2, -0.15) is 0 Å². The van der Waals surface area contributed by atoms with E-state index in [1.54, 1.807) is 48.7 Å². The molecule has 5 nitrogen and oxygen atoms in total. The molecule has 0 radical (unpaired) electrons. The summed E-state index contributed by atoms with van der Waals surface area (Å²) in [6.07, 6.45) is 3.42. The van der Waals surface area contributed by atoms with E-state index in [2.05, 4.69) is 10.2 Å². The lowest BCUT2D eigenvalue weighted by molar-refractivity contribution is -0.149. The highest BCUT2D eigenvalue weighted by atomic mass is 32.2. The number of thioether (sulfide) groups is 2. The first-order valence-corrected chi connectivity index (χ1v) is 8.98. The van der Waals surface area contributed by atoms with Gasteiger partial charge in [0, 0.05) is 5.75 Å². The predicted octanol–water partition coefficient (Wildman–Crippen LogP) is 2.41. The third-order valence-corrected chi connectivity index (χ3v) is 5.49. The highest BCUT2D eigenvalue weighted by Crippen LogP contribution is 2.28. The van der Waals surface area contributed by atoms with Crippen molar-refractivity contribution in [2.45, 2.75) is 40.9 Å². The van der Waals surface area contributed by atoms with Crippen molar-refractivity contribution in [2.24, 2.45) is 5.73 Å². The van der Waals surface area contributed by atoms with Crippen LogP contribution in [0.2, 0.25) is 0 Å². The SMILES string of the molecule is CCOC(=O)C(C)(N)CCCSc1nnc(SC)s1. The fourth-order valence-electron chi connectivity index (χ4n) is 1.33. The normalized spacial score (nSPS) is 14.1. The molecule has 0 saturated carbocycles. The Morgan fingerprint density at radius 3 is 2.74 bits per heavy atom. The number of esters is 1. The average Bonchev–Trinajstić information content (AvgIpc) is 2.83. The van der Waals surface area contributed by atoms with Gasteiger partial charge in [0.25, 0.3) is 0 Å². The van der Waals surface area contributed by atoms with Gasteiger partial charge >= 0.3 is 5.97 Å². The topological polar surface area (TPSA) is 78.1 Å². The van der Waals surface area contributed by atoms with Crippen LogP contribution in [-0.2, 0) is 9.53 Å². The van der Waals surface area contributed by atoms with E-state index in [9.17, 15) is 4.79 Å². The Morgan fingerprint density at radius 1 is 1.47 bits per heavy atom. The van der Waals surface area contributed by atoms with E-state index in [0.29, 0.717) is 13.0 Å². The minimum absolute atomic E-state index is 0.333. The monoisotopic (exact) mass is 321 g/mol. The second-order valence-corrected chi connectivity index (χ2v) is 7.50. The largest absolute Gasteiger partial charge is 0.465 e. The molecule has 0 bridgehead atoms. The van der Waals surface area contributed by atoms with Gasteiger partial charge in [0.05, 0.1) is 6.61 Å². The van der Waals surface area contributed by atoms with Crippen molar-refractivity contribution in [1.82, 2.24) is 10.2 Å². The molecule has 108 valence electrons. The van der Waals surface area contributed by atoms with Crippen molar-refractivity contribution in [3.05, 3.63) is 0 Å². The second-order valence-electron chi connectivity index (χ2n) is 4.13. The Kier molecular flexibility index (Phi) is 7.12. The lowest BCUT2D eigenvalue weighted by Gasteiger charge is -2.21. The molecule has 1 aromatic heterocycles. The van der Waals surface area contributed by atoms with E-state index in [1.807, 2.05) is 6.26 Å². The quantitative estimate of drug-likeness (QED) is 0.447. The van der Waals surface area contributed by atoms with E-state index >= 15 is 0 Å². The van der Waals surface area contributed by atoms with Crippen LogP contribution in [-0.4, -0.2) is 40.3 Å². The van der Waals surface area contributed by atoms with Crippen molar-refractivity contribution in [3.8, 4) is 0 Å². The minimum Gasteiger partial charge on any atom is -0.465 e. The Balaban J connectivity index is 2.28. The molecule has 19 heavy (non-hydrogen) atoms. The summed E-state index contributed by atoms with van der Waals surface area (Å²) in [7, 11) is 0. The Morgan fingerprint density at radius 2 is 2.16 bits per heavy atom. The van der Waals surface area contributed by atoms with Gasteiger partial charge < -0.3 is 10.5 Å². The summed E-state index contributed by atoms with van der Waals surface area (Å²) in [6.45, 7) is 3.86. The molecule has 1 unspecified atom stereocenters. The van der Waals surface area contributed by atoms with Crippen LogP contribution in [0.4, 0.5) is 0 Å². The lowest BCUT2D eigenvalue weighted by atomic mass is 9.98. The number of hydrogen-bond donors (Lipinski definition) is 1. The third kappa shape index (κ3) is 5.68. The number of hydrogen-bond acceptors (Lipinski definition) is 8. The lowest BCUT2D eigenvalue weighted by Crippen LogP contribution is -2.46. The second kappa shape index (κ2) is 8.08. The van der Waals surface area contributed by atoms with E-state index in [1.165, 1.54) is 0 Å². The van der Waals surface area contributed by atoms with Gasteiger partial charge in [-0.05, 0) is 32.9 Å². The molecule has 0 fully saturated rings. The summed E-state index contributed by atoms with van der Waals surface area (Å²) in [4.78, 5) is 11.6. The molecule has 0 amide bonds. The molecule has 1 atom stereocenters. The molecule has 0 aliphatic rings. The van der Waals surface area contributed by atoms with E-state index in [0.717, 1.165) is 20.9 Å². The maximum absolute atomic E-state index is 11.6. The number of rotatable bonds is 8. The predicted molar refractivity (Wildman–Crippen MR) is 80.9 cm³/mol. The zero-order valence-corrected chi connectivity index (χ0v) is 13.8. The number of carbonyl (C=O) groups excluding carboxylic acids is 1. The van der Waals surface area contributed by atoms with Gasteiger partial charge in [0.15, 0.2) is 8.68 Å². The number of carbonyl (C=O) groups is 1. The van der Waals surface area contributed by atoms with Crippen LogP contribution in [0.1, 0.15) is 26.7 Å². The molecule has 0 spiro atoms. The zero-order chi connectivity index (χ0) is 14.3. The minimum atomic E-state index is -0.901. The molecule has 1 aromatic rings. The first-order chi connectivity index (χ1) is 8.99. The van der Waals surface area contributed by atoms with Crippen LogP contribution < -0.4 is 5.73 Å². The van der Waals surface area contributed by atoms with Gasteiger partial charge in [0.1, 0.15) is 5.54 Å². The summed E-state index contributed by atoms with van der Waals surface area (Å²) in [6, 6.07) is 0. The van der Waals surface area contributed by atoms with Crippen LogP contribution in [0.15, 0.2) is 8.68 Å². The summed E-state index contributed by atoms with van der Waals surface area (Å²) < 4.78 is 6.87. The van der Waals surface area contributed by atoms with E-state index in [-0.39, 0.29) is 5.97 Å². The van der Waals surface area contributed by atoms with E-state index < -0.39 is 5.54 Å². The van der Waals surface area contributed by atoms with Gasteiger partial charge in [-0.15, -0.1) is 10.2 Å². The van der Waals surface area contributed by atoms with Crippen molar-refractivity contribution in [2.75, 3.05) is 18.6 Å². The smallest absolute Gasteiger partial charge is 0.325 e. The van der Waals surface area contributed by atoms with Crippen molar-refractivity contribution >= 4 is 40.8 Å². The van der Waals surface area contributed by atoms with Crippen LogP contribution in [0.5, 0.6) is 0 Å². The average molecular weight is 321 g/mol. The van der Waals surface area contributed by atoms with Gasteiger partial charge in [-0.3, -0.25) is 4.79 Å². The first-order valence-electron chi connectivity index (χ1n) is 5.96. The first kappa shape index (κ1) is 16.7. The number of ether oxygens (including phenoxy) is 1. The highest BCUT2D eigenvalue weighted by molar-refractivity contribution is 8.02.